The maximum atomic E-state index is 12.2. The van der Waals surface area contributed by atoms with Gasteiger partial charge in [-0.15, -0.1) is 0 Å². The Balaban J connectivity index is 1.96. The summed E-state index contributed by atoms with van der Waals surface area (Å²) in [5, 5.41) is 3.42. The molecule has 0 spiro atoms. The molecule has 0 saturated heterocycles. The van der Waals surface area contributed by atoms with Crippen molar-refractivity contribution in [2.45, 2.75) is 32.8 Å². The van der Waals surface area contributed by atoms with E-state index >= 15 is 0 Å². The fourth-order valence-electron chi connectivity index (χ4n) is 1.99. The zero-order valence-corrected chi connectivity index (χ0v) is 13.7. The van der Waals surface area contributed by atoms with Crippen molar-refractivity contribution >= 4 is 23.2 Å². The van der Waals surface area contributed by atoms with Crippen LogP contribution in [0.1, 0.15) is 32.3 Å². The van der Waals surface area contributed by atoms with E-state index in [1.807, 2.05) is 24.3 Å². The molecule has 2 aromatic rings. The maximum absolute atomic E-state index is 12.2. The highest BCUT2D eigenvalue weighted by molar-refractivity contribution is 6.30. The molecular formula is C18H20ClNO2. The molecule has 0 aliphatic heterocycles. The predicted molar refractivity (Wildman–Crippen MR) is 90.7 cm³/mol. The number of benzene rings is 2. The molecule has 4 heteroatoms. The Morgan fingerprint density at radius 1 is 1.09 bits per heavy atom. The molecule has 0 aliphatic rings. The van der Waals surface area contributed by atoms with E-state index < -0.39 is 6.10 Å². The van der Waals surface area contributed by atoms with Gasteiger partial charge in [0.25, 0.3) is 5.91 Å². The van der Waals surface area contributed by atoms with E-state index in [0.29, 0.717) is 16.7 Å². The standard InChI is InChI=1S/C18H20ClNO2/c1-12(2)14-7-9-16(10-8-14)20-18(21)13(3)22-17-6-4-5-15(19)11-17/h4-13H,1-3H3,(H,20,21)/t13-/m1/s1. The van der Waals surface area contributed by atoms with Gasteiger partial charge in [0.1, 0.15) is 5.75 Å². The van der Waals surface area contributed by atoms with Gasteiger partial charge in [-0.05, 0) is 48.7 Å². The SMILES string of the molecule is CC(C)c1ccc(NC(=O)[C@@H](C)Oc2cccc(Cl)c2)cc1. The van der Waals surface area contributed by atoms with Crippen LogP contribution in [0.5, 0.6) is 5.75 Å². The minimum Gasteiger partial charge on any atom is -0.481 e. The number of hydrogen-bond donors (Lipinski definition) is 1. The van der Waals surface area contributed by atoms with Crippen LogP contribution < -0.4 is 10.1 Å². The number of ether oxygens (including phenoxy) is 1. The van der Waals surface area contributed by atoms with Crippen LogP contribution in [-0.2, 0) is 4.79 Å². The van der Waals surface area contributed by atoms with Crippen LogP contribution >= 0.6 is 11.6 Å². The molecule has 0 saturated carbocycles. The highest BCUT2D eigenvalue weighted by atomic mass is 35.5. The number of amides is 1. The number of carbonyl (C=O) groups is 1. The molecule has 2 rings (SSSR count). The van der Waals surface area contributed by atoms with Gasteiger partial charge in [-0.3, -0.25) is 4.79 Å². The third-order valence-electron chi connectivity index (χ3n) is 3.32. The molecule has 0 aliphatic carbocycles. The van der Waals surface area contributed by atoms with Crippen molar-refractivity contribution in [3.63, 3.8) is 0 Å². The molecule has 1 atom stereocenters. The van der Waals surface area contributed by atoms with Crippen LogP contribution in [-0.4, -0.2) is 12.0 Å². The van der Waals surface area contributed by atoms with E-state index in [0.717, 1.165) is 5.69 Å². The van der Waals surface area contributed by atoms with Gasteiger partial charge in [-0.1, -0.05) is 43.6 Å². The van der Waals surface area contributed by atoms with E-state index in [4.69, 9.17) is 16.3 Å². The van der Waals surface area contributed by atoms with Gasteiger partial charge in [0.2, 0.25) is 0 Å². The molecule has 2 aromatic carbocycles. The van der Waals surface area contributed by atoms with Crippen molar-refractivity contribution in [2.24, 2.45) is 0 Å². The minimum atomic E-state index is -0.608. The molecule has 22 heavy (non-hydrogen) atoms. The molecule has 116 valence electrons. The lowest BCUT2D eigenvalue weighted by Gasteiger charge is -2.15. The number of halogens is 1. The summed E-state index contributed by atoms with van der Waals surface area (Å²) >= 11 is 5.90. The van der Waals surface area contributed by atoms with E-state index in [1.54, 1.807) is 31.2 Å². The lowest BCUT2D eigenvalue weighted by atomic mass is 10.0. The number of anilines is 1. The second kappa shape index (κ2) is 7.32. The van der Waals surface area contributed by atoms with Gasteiger partial charge in [0, 0.05) is 10.7 Å². The van der Waals surface area contributed by atoms with Crippen molar-refractivity contribution in [1.82, 2.24) is 0 Å². The van der Waals surface area contributed by atoms with Crippen molar-refractivity contribution in [3.8, 4) is 5.75 Å². The molecule has 0 aromatic heterocycles. The van der Waals surface area contributed by atoms with Crippen molar-refractivity contribution < 1.29 is 9.53 Å². The maximum Gasteiger partial charge on any atom is 0.265 e. The summed E-state index contributed by atoms with van der Waals surface area (Å²) in [4.78, 5) is 12.2. The zero-order valence-electron chi connectivity index (χ0n) is 13.0. The van der Waals surface area contributed by atoms with E-state index in [9.17, 15) is 4.79 Å². The zero-order chi connectivity index (χ0) is 16.1. The summed E-state index contributed by atoms with van der Waals surface area (Å²) in [7, 11) is 0. The summed E-state index contributed by atoms with van der Waals surface area (Å²) in [6, 6.07) is 14.8. The van der Waals surface area contributed by atoms with Crippen LogP contribution in [0.2, 0.25) is 5.02 Å². The Labute approximate surface area is 136 Å². The normalized spacial score (nSPS) is 12.0. The third-order valence-corrected chi connectivity index (χ3v) is 3.56. The quantitative estimate of drug-likeness (QED) is 0.854. The molecule has 1 amide bonds. The molecule has 0 fully saturated rings. The van der Waals surface area contributed by atoms with Crippen LogP contribution in [0.25, 0.3) is 0 Å². The summed E-state index contributed by atoms with van der Waals surface area (Å²) < 4.78 is 5.59. The monoisotopic (exact) mass is 317 g/mol. The van der Waals surface area contributed by atoms with Crippen LogP contribution in [0.15, 0.2) is 48.5 Å². The molecule has 0 unspecified atom stereocenters. The number of nitrogens with one attached hydrogen (secondary N) is 1. The van der Waals surface area contributed by atoms with Crippen LogP contribution in [0.3, 0.4) is 0 Å². The third kappa shape index (κ3) is 4.50. The second-order valence-electron chi connectivity index (χ2n) is 5.48. The van der Waals surface area contributed by atoms with Gasteiger partial charge >= 0.3 is 0 Å². The fourth-order valence-corrected chi connectivity index (χ4v) is 2.17. The van der Waals surface area contributed by atoms with Gasteiger partial charge in [-0.2, -0.15) is 0 Å². The first-order chi connectivity index (χ1) is 10.5. The molecule has 3 nitrogen and oxygen atoms in total. The molecular weight excluding hydrogens is 298 g/mol. The highest BCUT2D eigenvalue weighted by Gasteiger charge is 2.15. The van der Waals surface area contributed by atoms with Crippen molar-refractivity contribution in [2.75, 3.05) is 5.32 Å². The predicted octanol–water partition coefficient (Wildman–Crippen LogP) is 4.87. The lowest BCUT2D eigenvalue weighted by Crippen LogP contribution is -2.30. The number of hydrogen-bond acceptors (Lipinski definition) is 2. The fraction of sp³-hybridized carbons (Fsp3) is 0.278. The van der Waals surface area contributed by atoms with Gasteiger partial charge in [0.15, 0.2) is 6.10 Å². The van der Waals surface area contributed by atoms with E-state index in [1.165, 1.54) is 5.56 Å². The summed E-state index contributed by atoms with van der Waals surface area (Å²) in [6.07, 6.45) is -0.608. The van der Waals surface area contributed by atoms with Crippen LogP contribution in [0.4, 0.5) is 5.69 Å². The van der Waals surface area contributed by atoms with Crippen molar-refractivity contribution in [3.05, 3.63) is 59.1 Å². The topological polar surface area (TPSA) is 38.3 Å². The number of rotatable bonds is 5. The first-order valence-corrected chi connectivity index (χ1v) is 7.66. The van der Waals surface area contributed by atoms with Gasteiger partial charge in [-0.25, -0.2) is 0 Å². The Morgan fingerprint density at radius 3 is 2.36 bits per heavy atom. The Bertz CT molecular complexity index is 638. The average Bonchev–Trinajstić information content (AvgIpc) is 2.47. The number of carbonyl (C=O) groups excluding carboxylic acids is 1. The molecule has 1 N–H and O–H groups in total. The van der Waals surface area contributed by atoms with Gasteiger partial charge in [0.05, 0.1) is 0 Å². The Hall–Kier alpha value is -2.00. The first kappa shape index (κ1) is 16.4. The Kier molecular flexibility index (Phi) is 5.45. The average molecular weight is 318 g/mol. The molecule has 0 bridgehead atoms. The van der Waals surface area contributed by atoms with E-state index in [-0.39, 0.29) is 5.91 Å². The smallest absolute Gasteiger partial charge is 0.265 e. The van der Waals surface area contributed by atoms with E-state index in [2.05, 4.69) is 19.2 Å². The van der Waals surface area contributed by atoms with Crippen LogP contribution in [0, 0.1) is 0 Å². The summed E-state index contributed by atoms with van der Waals surface area (Å²) in [5.74, 6) is 0.845. The minimum absolute atomic E-state index is 0.197. The molecule has 0 heterocycles. The highest BCUT2D eigenvalue weighted by Crippen LogP contribution is 2.20. The largest absolute Gasteiger partial charge is 0.481 e. The molecule has 0 radical (unpaired) electrons. The van der Waals surface area contributed by atoms with Gasteiger partial charge < -0.3 is 10.1 Å². The summed E-state index contributed by atoms with van der Waals surface area (Å²) in [5.41, 5.74) is 2.00. The second-order valence-corrected chi connectivity index (χ2v) is 5.92. The van der Waals surface area contributed by atoms with Crippen molar-refractivity contribution in [1.29, 1.82) is 0 Å². The first-order valence-electron chi connectivity index (χ1n) is 7.29. The Morgan fingerprint density at radius 2 is 1.77 bits per heavy atom. The summed E-state index contributed by atoms with van der Waals surface area (Å²) in [6.45, 7) is 5.97. The lowest BCUT2D eigenvalue weighted by molar-refractivity contribution is -0.122.